The Bertz CT molecular complexity index is 1150. The molecule has 3 aromatic rings. The first-order valence-electron chi connectivity index (χ1n) is 9.98. The van der Waals surface area contributed by atoms with Crippen LogP contribution in [0.4, 0.5) is 0 Å². The molecular formula is C23H21N3O2S. The van der Waals surface area contributed by atoms with Crippen LogP contribution in [0.2, 0.25) is 0 Å². The van der Waals surface area contributed by atoms with Crippen molar-refractivity contribution in [2.24, 2.45) is 0 Å². The van der Waals surface area contributed by atoms with Crippen molar-refractivity contribution < 1.29 is 4.42 Å². The summed E-state index contributed by atoms with van der Waals surface area (Å²) >= 11 is 1.31. The van der Waals surface area contributed by atoms with Crippen molar-refractivity contribution in [1.29, 1.82) is 5.26 Å². The Kier molecular flexibility index (Phi) is 4.56. The highest BCUT2D eigenvalue weighted by atomic mass is 32.2. The number of fused-ring (bicyclic) bond motifs is 4. The van der Waals surface area contributed by atoms with Crippen molar-refractivity contribution in [3.8, 4) is 17.3 Å². The van der Waals surface area contributed by atoms with Crippen molar-refractivity contribution in [3.63, 3.8) is 0 Å². The molecule has 146 valence electrons. The van der Waals surface area contributed by atoms with Gasteiger partial charge in [0.05, 0.1) is 35.9 Å². The molecular weight excluding hydrogens is 382 g/mol. The minimum atomic E-state index is -0.128. The van der Waals surface area contributed by atoms with Crippen molar-refractivity contribution in [2.45, 2.75) is 49.2 Å². The van der Waals surface area contributed by atoms with Crippen molar-refractivity contribution >= 4 is 11.8 Å². The van der Waals surface area contributed by atoms with E-state index in [2.05, 4.69) is 24.3 Å². The van der Waals surface area contributed by atoms with E-state index in [1.165, 1.54) is 17.3 Å². The smallest absolute Gasteiger partial charge is 0.258 e. The maximum Gasteiger partial charge on any atom is 0.258 e. The van der Waals surface area contributed by atoms with Gasteiger partial charge in [-0.25, -0.2) is 4.98 Å². The number of aromatic nitrogens is 2. The first kappa shape index (κ1) is 18.3. The maximum absolute atomic E-state index is 13.9. The van der Waals surface area contributed by atoms with Gasteiger partial charge in [-0.1, -0.05) is 48.9 Å². The largest absolute Gasteiger partial charge is 0.467 e. The Morgan fingerprint density at radius 3 is 2.79 bits per heavy atom. The minimum Gasteiger partial charge on any atom is -0.467 e. The summed E-state index contributed by atoms with van der Waals surface area (Å²) in [5, 5.41) is 9.68. The zero-order chi connectivity index (χ0) is 19.8. The van der Waals surface area contributed by atoms with E-state index in [0.29, 0.717) is 17.5 Å². The number of nitriles is 1. The van der Waals surface area contributed by atoms with Crippen LogP contribution in [0.5, 0.6) is 0 Å². The van der Waals surface area contributed by atoms with Crippen molar-refractivity contribution in [3.05, 3.63) is 69.9 Å². The average Bonchev–Trinajstić information content (AvgIpc) is 3.41. The molecule has 0 aliphatic heterocycles. The molecule has 5 nitrogen and oxygen atoms in total. The van der Waals surface area contributed by atoms with E-state index in [1.807, 2.05) is 18.2 Å². The summed E-state index contributed by atoms with van der Waals surface area (Å²) in [5.41, 5.74) is 3.89. The fourth-order valence-corrected chi connectivity index (χ4v) is 5.60. The van der Waals surface area contributed by atoms with Gasteiger partial charge >= 0.3 is 0 Å². The molecule has 1 fully saturated rings. The summed E-state index contributed by atoms with van der Waals surface area (Å²) < 4.78 is 7.21. The Labute approximate surface area is 173 Å². The third-order valence-electron chi connectivity index (χ3n) is 6.19. The standard InChI is InChI=1S/C23H21N3O2S/c24-11-13-29-22-25-20-18-8-2-1-6-16(18)14-23(9-3-4-10-23)19(20)21(27)26(22)15-17-7-5-12-28-17/h1-2,5-8,12H,3-4,9-10,13-15H2. The minimum absolute atomic E-state index is 0.0169. The zero-order valence-electron chi connectivity index (χ0n) is 16.1. The van der Waals surface area contributed by atoms with E-state index in [0.717, 1.165) is 48.9 Å². The first-order valence-corrected chi connectivity index (χ1v) is 11.0. The maximum atomic E-state index is 13.9. The highest BCUT2D eigenvalue weighted by Gasteiger charge is 2.44. The molecule has 0 N–H and O–H groups in total. The van der Waals surface area contributed by atoms with Crippen LogP contribution in [0.1, 0.15) is 42.6 Å². The molecule has 0 atom stereocenters. The molecule has 2 aliphatic carbocycles. The SMILES string of the molecule is N#CCSc1nc2c(c(=O)n1Cc1ccco1)C1(CCCC1)Cc1ccccc1-2. The molecule has 6 heteroatoms. The van der Waals surface area contributed by atoms with Crippen LogP contribution in [-0.2, 0) is 18.4 Å². The number of thioether (sulfide) groups is 1. The van der Waals surface area contributed by atoms with Gasteiger partial charge in [0.1, 0.15) is 5.76 Å². The van der Waals surface area contributed by atoms with Crippen LogP contribution in [0.15, 0.2) is 57.0 Å². The molecule has 0 saturated heterocycles. The van der Waals surface area contributed by atoms with Gasteiger partial charge in [0, 0.05) is 11.0 Å². The summed E-state index contributed by atoms with van der Waals surface area (Å²) in [7, 11) is 0. The number of furan rings is 1. The lowest BCUT2D eigenvalue weighted by Crippen LogP contribution is -2.40. The zero-order valence-corrected chi connectivity index (χ0v) is 16.9. The molecule has 0 bridgehead atoms. The van der Waals surface area contributed by atoms with Gasteiger partial charge in [0.25, 0.3) is 5.56 Å². The molecule has 2 aromatic heterocycles. The van der Waals surface area contributed by atoms with E-state index in [-0.39, 0.29) is 16.7 Å². The highest BCUT2D eigenvalue weighted by Crippen LogP contribution is 2.49. The first-order chi connectivity index (χ1) is 14.2. The van der Waals surface area contributed by atoms with Crippen LogP contribution in [0.25, 0.3) is 11.3 Å². The van der Waals surface area contributed by atoms with E-state index in [4.69, 9.17) is 14.7 Å². The van der Waals surface area contributed by atoms with Gasteiger partial charge in [0.2, 0.25) is 0 Å². The Morgan fingerprint density at radius 2 is 2.03 bits per heavy atom. The lowest BCUT2D eigenvalue weighted by molar-refractivity contribution is 0.412. The van der Waals surface area contributed by atoms with Gasteiger partial charge in [-0.15, -0.1) is 0 Å². The molecule has 29 heavy (non-hydrogen) atoms. The summed E-state index contributed by atoms with van der Waals surface area (Å²) in [4.78, 5) is 18.9. The fourth-order valence-electron chi connectivity index (χ4n) is 4.95. The van der Waals surface area contributed by atoms with E-state index < -0.39 is 0 Å². The normalized spacial score (nSPS) is 16.4. The van der Waals surface area contributed by atoms with Gasteiger partial charge in [-0.2, -0.15) is 5.26 Å². The van der Waals surface area contributed by atoms with Crippen molar-refractivity contribution in [2.75, 3.05) is 5.75 Å². The number of hydrogen-bond acceptors (Lipinski definition) is 5. The molecule has 2 heterocycles. The highest BCUT2D eigenvalue weighted by molar-refractivity contribution is 7.99. The van der Waals surface area contributed by atoms with Crippen LogP contribution in [0, 0.1) is 11.3 Å². The second kappa shape index (κ2) is 7.23. The van der Waals surface area contributed by atoms with Crippen LogP contribution in [-0.4, -0.2) is 15.3 Å². The van der Waals surface area contributed by atoms with Crippen LogP contribution in [0.3, 0.4) is 0 Å². The number of rotatable bonds is 4. The monoisotopic (exact) mass is 403 g/mol. The second-order valence-electron chi connectivity index (χ2n) is 7.86. The Morgan fingerprint density at radius 1 is 1.21 bits per heavy atom. The lowest BCUT2D eigenvalue weighted by Gasteiger charge is -2.36. The summed E-state index contributed by atoms with van der Waals surface area (Å²) in [5.74, 6) is 0.959. The summed E-state index contributed by atoms with van der Waals surface area (Å²) in [6, 6.07) is 14.1. The molecule has 1 aromatic carbocycles. The predicted molar refractivity (Wildman–Crippen MR) is 112 cm³/mol. The molecule has 0 amide bonds. The molecule has 0 radical (unpaired) electrons. The lowest BCUT2D eigenvalue weighted by atomic mass is 9.68. The van der Waals surface area contributed by atoms with Crippen molar-refractivity contribution in [1.82, 2.24) is 9.55 Å². The fraction of sp³-hybridized carbons (Fsp3) is 0.348. The predicted octanol–water partition coefficient (Wildman–Crippen LogP) is 4.54. The van der Waals surface area contributed by atoms with Gasteiger partial charge < -0.3 is 4.42 Å². The molecule has 0 unspecified atom stereocenters. The Hall–Kier alpha value is -2.78. The molecule has 1 spiro atoms. The number of benzene rings is 1. The van der Waals surface area contributed by atoms with E-state index in [9.17, 15) is 4.79 Å². The van der Waals surface area contributed by atoms with Crippen LogP contribution >= 0.6 is 11.8 Å². The van der Waals surface area contributed by atoms with Gasteiger partial charge in [-0.05, 0) is 37.0 Å². The van der Waals surface area contributed by atoms with Gasteiger partial charge in [0.15, 0.2) is 5.16 Å². The number of nitrogens with zero attached hydrogens (tertiary/aromatic N) is 3. The third kappa shape index (κ3) is 3.01. The molecule has 1 saturated carbocycles. The van der Waals surface area contributed by atoms with E-state index >= 15 is 0 Å². The topological polar surface area (TPSA) is 71.8 Å². The third-order valence-corrected chi connectivity index (χ3v) is 7.03. The van der Waals surface area contributed by atoms with Crippen LogP contribution < -0.4 is 5.56 Å². The summed E-state index contributed by atoms with van der Waals surface area (Å²) in [6.07, 6.45) is 6.85. The summed E-state index contributed by atoms with van der Waals surface area (Å²) in [6.45, 7) is 0.331. The average molecular weight is 404 g/mol. The van der Waals surface area contributed by atoms with Gasteiger partial charge in [-0.3, -0.25) is 9.36 Å². The number of hydrogen-bond donors (Lipinski definition) is 0. The molecule has 5 rings (SSSR count). The Balaban J connectivity index is 1.77. The van der Waals surface area contributed by atoms with E-state index in [1.54, 1.807) is 10.8 Å². The quantitative estimate of drug-likeness (QED) is 0.473. The second-order valence-corrected chi connectivity index (χ2v) is 8.80. The molecule has 2 aliphatic rings.